The van der Waals surface area contributed by atoms with E-state index in [-0.39, 0.29) is 0 Å². The van der Waals surface area contributed by atoms with Gasteiger partial charge in [0.1, 0.15) is 0 Å². The van der Waals surface area contributed by atoms with Crippen molar-refractivity contribution in [2.24, 2.45) is 7.05 Å². The Morgan fingerprint density at radius 3 is 2.67 bits per heavy atom. The maximum Gasteiger partial charge on any atom is 0.179 e. The zero-order valence-corrected chi connectivity index (χ0v) is 13.1. The van der Waals surface area contributed by atoms with Crippen LogP contribution in [0.2, 0.25) is 5.02 Å². The third kappa shape index (κ3) is 3.68. The van der Waals surface area contributed by atoms with Crippen LogP contribution >= 0.6 is 11.6 Å². The average Bonchev–Trinajstić information content (AvgIpc) is 2.89. The lowest BCUT2D eigenvalue weighted by atomic mass is 10.0. The lowest BCUT2D eigenvalue weighted by molar-refractivity contribution is 0.167. The number of hydrogen-bond donors (Lipinski definition) is 1. The monoisotopic (exact) mass is 310 g/mol. The quantitative estimate of drug-likeness (QED) is 0.891. The number of aliphatic hydroxyl groups excluding tert-OH is 1. The van der Waals surface area contributed by atoms with Crippen LogP contribution in [-0.2, 0) is 13.5 Å². The second-order valence-electron chi connectivity index (χ2n) is 4.81. The first kappa shape index (κ1) is 15.7. The van der Waals surface area contributed by atoms with Gasteiger partial charge < -0.3 is 14.6 Å². The SMILES string of the molecule is COc1cc(C(O)CCc2cnn(C)c2)cc(Cl)c1OC. The predicted molar refractivity (Wildman–Crippen MR) is 81.0 cm³/mol. The Balaban J connectivity index is 2.11. The van der Waals surface area contributed by atoms with Crippen molar-refractivity contribution in [1.29, 1.82) is 0 Å². The van der Waals surface area contributed by atoms with E-state index in [1.165, 1.54) is 7.11 Å². The fraction of sp³-hybridized carbons (Fsp3) is 0.400. The lowest BCUT2D eigenvalue weighted by Crippen LogP contribution is -2.01. The van der Waals surface area contributed by atoms with Crippen LogP contribution in [0.15, 0.2) is 24.5 Å². The molecule has 0 bridgehead atoms. The number of hydrogen-bond acceptors (Lipinski definition) is 4. The summed E-state index contributed by atoms with van der Waals surface area (Å²) < 4.78 is 12.2. The zero-order chi connectivity index (χ0) is 15.4. The first-order valence-electron chi connectivity index (χ1n) is 6.62. The van der Waals surface area contributed by atoms with Crippen LogP contribution in [0.1, 0.15) is 23.7 Å². The van der Waals surface area contributed by atoms with E-state index < -0.39 is 6.10 Å². The average molecular weight is 311 g/mol. The summed E-state index contributed by atoms with van der Waals surface area (Å²) >= 11 is 6.15. The van der Waals surface area contributed by atoms with Crippen molar-refractivity contribution in [3.05, 3.63) is 40.7 Å². The number of methoxy groups -OCH3 is 2. The van der Waals surface area contributed by atoms with Gasteiger partial charge in [-0.25, -0.2) is 0 Å². The summed E-state index contributed by atoms with van der Waals surface area (Å²) in [6, 6.07) is 3.45. The van der Waals surface area contributed by atoms with Crippen LogP contribution in [0.25, 0.3) is 0 Å². The highest BCUT2D eigenvalue weighted by molar-refractivity contribution is 6.32. The highest BCUT2D eigenvalue weighted by atomic mass is 35.5. The number of rotatable bonds is 6. The molecule has 0 aliphatic heterocycles. The van der Waals surface area contributed by atoms with Crippen molar-refractivity contribution in [3.63, 3.8) is 0 Å². The summed E-state index contributed by atoms with van der Waals surface area (Å²) in [5.74, 6) is 0.989. The van der Waals surface area contributed by atoms with Gasteiger partial charge in [-0.1, -0.05) is 11.6 Å². The van der Waals surface area contributed by atoms with Gasteiger partial charge in [0.05, 0.1) is 31.5 Å². The molecule has 0 aliphatic rings. The first-order chi connectivity index (χ1) is 10.0. The van der Waals surface area contributed by atoms with Crippen molar-refractivity contribution in [2.75, 3.05) is 14.2 Å². The Morgan fingerprint density at radius 2 is 2.10 bits per heavy atom. The van der Waals surface area contributed by atoms with Gasteiger partial charge in [-0.3, -0.25) is 4.68 Å². The molecular weight excluding hydrogens is 292 g/mol. The van der Waals surface area contributed by atoms with E-state index in [1.54, 1.807) is 30.1 Å². The second-order valence-corrected chi connectivity index (χ2v) is 5.22. The molecule has 21 heavy (non-hydrogen) atoms. The summed E-state index contributed by atoms with van der Waals surface area (Å²) in [5.41, 5.74) is 1.80. The van der Waals surface area contributed by atoms with E-state index in [1.807, 2.05) is 13.2 Å². The molecule has 1 aromatic heterocycles. The summed E-state index contributed by atoms with van der Waals surface area (Å²) in [7, 11) is 4.94. The molecule has 0 saturated heterocycles. The standard InChI is InChI=1S/C15H19ClN2O3/c1-18-9-10(8-17-18)4-5-13(19)11-6-12(16)15(21-3)14(7-11)20-2/h6-9,13,19H,4-5H2,1-3H3. The number of aromatic nitrogens is 2. The molecule has 1 N–H and O–H groups in total. The van der Waals surface area contributed by atoms with Crippen LogP contribution in [0, 0.1) is 0 Å². The number of ether oxygens (including phenoxy) is 2. The number of aliphatic hydroxyl groups is 1. The van der Waals surface area contributed by atoms with E-state index in [9.17, 15) is 5.11 Å². The van der Waals surface area contributed by atoms with Crippen LogP contribution < -0.4 is 9.47 Å². The van der Waals surface area contributed by atoms with Crippen molar-refractivity contribution < 1.29 is 14.6 Å². The maximum atomic E-state index is 10.3. The summed E-state index contributed by atoms with van der Waals surface area (Å²) in [6.45, 7) is 0. The van der Waals surface area contributed by atoms with Crippen LogP contribution in [0.3, 0.4) is 0 Å². The molecule has 0 radical (unpaired) electrons. The van der Waals surface area contributed by atoms with Gasteiger partial charge in [0.15, 0.2) is 11.5 Å². The smallest absolute Gasteiger partial charge is 0.179 e. The van der Waals surface area contributed by atoms with Gasteiger partial charge in [0, 0.05) is 13.2 Å². The normalized spacial score (nSPS) is 12.2. The number of halogens is 1. The molecule has 0 aliphatic carbocycles. The van der Waals surface area contributed by atoms with Gasteiger partial charge >= 0.3 is 0 Å². The van der Waals surface area contributed by atoms with Gasteiger partial charge in [-0.05, 0) is 36.1 Å². The third-order valence-electron chi connectivity index (χ3n) is 3.31. The van der Waals surface area contributed by atoms with E-state index in [4.69, 9.17) is 21.1 Å². The van der Waals surface area contributed by atoms with E-state index in [0.717, 1.165) is 12.0 Å². The Hall–Kier alpha value is -1.72. The Bertz CT molecular complexity index is 613. The molecule has 1 aromatic carbocycles. The van der Waals surface area contributed by atoms with E-state index in [2.05, 4.69) is 5.10 Å². The molecule has 1 heterocycles. The van der Waals surface area contributed by atoms with Crippen molar-refractivity contribution in [3.8, 4) is 11.5 Å². The van der Waals surface area contributed by atoms with Crippen LogP contribution in [0.4, 0.5) is 0 Å². The minimum Gasteiger partial charge on any atom is -0.493 e. The molecule has 0 saturated carbocycles. The van der Waals surface area contributed by atoms with Gasteiger partial charge in [-0.15, -0.1) is 0 Å². The van der Waals surface area contributed by atoms with Crippen molar-refractivity contribution in [1.82, 2.24) is 9.78 Å². The molecule has 1 atom stereocenters. The largest absolute Gasteiger partial charge is 0.493 e. The van der Waals surface area contributed by atoms with Gasteiger partial charge in [0.25, 0.3) is 0 Å². The van der Waals surface area contributed by atoms with E-state index >= 15 is 0 Å². The Labute approximate surface area is 129 Å². The maximum absolute atomic E-state index is 10.3. The van der Waals surface area contributed by atoms with Crippen molar-refractivity contribution >= 4 is 11.6 Å². The topological polar surface area (TPSA) is 56.5 Å². The zero-order valence-electron chi connectivity index (χ0n) is 12.3. The first-order valence-corrected chi connectivity index (χ1v) is 7.00. The third-order valence-corrected chi connectivity index (χ3v) is 3.59. The van der Waals surface area contributed by atoms with Gasteiger partial charge in [-0.2, -0.15) is 5.10 Å². The van der Waals surface area contributed by atoms with E-state index in [0.29, 0.717) is 28.5 Å². The molecule has 0 spiro atoms. The molecule has 0 amide bonds. The number of nitrogens with zero attached hydrogens (tertiary/aromatic N) is 2. The molecule has 114 valence electrons. The van der Waals surface area contributed by atoms with Crippen molar-refractivity contribution in [2.45, 2.75) is 18.9 Å². The van der Waals surface area contributed by atoms with Crippen LogP contribution in [-0.4, -0.2) is 29.1 Å². The molecule has 5 nitrogen and oxygen atoms in total. The molecular formula is C15H19ClN2O3. The lowest BCUT2D eigenvalue weighted by Gasteiger charge is -2.15. The summed E-state index contributed by atoms with van der Waals surface area (Å²) in [6.07, 6.45) is 4.43. The second kappa shape index (κ2) is 6.83. The highest BCUT2D eigenvalue weighted by Gasteiger charge is 2.16. The molecule has 2 rings (SSSR count). The fourth-order valence-electron chi connectivity index (χ4n) is 2.20. The minimum atomic E-state index is -0.623. The van der Waals surface area contributed by atoms with Gasteiger partial charge in [0.2, 0.25) is 0 Å². The summed E-state index contributed by atoms with van der Waals surface area (Å²) in [5, 5.41) is 14.8. The molecule has 6 heteroatoms. The number of aryl methyl sites for hydroxylation is 2. The molecule has 2 aromatic rings. The fourth-order valence-corrected chi connectivity index (χ4v) is 2.50. The molecule has 0 fully saturated rings. The minimum absolute atomic E-state index is 0.423. The van der Waals surface area contributed by atoms with Crippen LogP contribution in [0.5, 0.6) is 11.5 Å². The summed E-state index contributed by atoms with van der Waals surface area (Å²) in [4.78, 5) is 0. The highest BCUT2D eigenvalue weighted by Crippen LogP contribution is 2.38. The Kier molecular flexibility index (Phi) is 5.09. The Morgan fingerprint density at radius 1 is 1.33 bits per heavy atom. The molecule has 1 unspecified atom stereocenters. The predicted octanol–water partition coefficient (Wildman–Crippen LogP) is 2.76. The number of benzene rings is 1.